The third kappa shape index (κ3) is 4.00. The molecular formula is C19H33ClN4O. The van der Waals surface area contributed by atoms with Crippen LogP contribution in [0.3, 0.4) is 0 Å². The molecule has 4 rings (SSSR count). The van der Waals surface area contributed by atoms with Crippen LogP contribution in [0.1, 0.15) is 44.9 Å². The Kier molecular flexibility index (Phi) is 5.85. The average Bonchev–Trinajstić information content (AvgIpc) is 2.65. The Morgan fingerprint density at radius 1 is 1.00 bits per heavy atom. The quantitative estimate of drug-likeness (QED) is 0.746. The fourth-order valence-electron chi connectivity index (χ4n) is 5.81. The molecule has 5 nitrogen and oxygen atoms in total. The summed E-state index contributed by atoms with van der Waals surface area (Å²) in [5.74, 6) is 2.86. The van der Waals surface area contributed by atoms with Gasteiger partial charge in [0.05, 0.1) is 0 Å². The lowest BCUT2D eigenvalue weighted by atomic mass is 9.65. The molecule has 1 amide bonds. The summed E-state index contributed by atoms with van der Waals surface area (Å²) < 4.78 is 0. The van der Waals surface area contributed by atoms with Crippen LogP contribution in [-0.2, 0) is 4.79 Å². The fourth-order valence-corrected chi connectivity index (χ4v) is 6.11. The van der Waals surface area contributed by atoms with Gasteiger partial charge in [0.1, 0.15) is 5.38 Å². The summed E-state index contributed by atoms with van der Waals surface area (Å²) >= 11 is 6.33. The summed E-state index contributed by atoms with van der Waals surface area (Å²) in [6.07, 6.45) is 10.3. The van der Waals surface area contributed by atoms with Gasteiger partial charge in [0.15, 0.2) is 0 Å². The number of halogens is 1. The summed E-state index contributed by atoms with van der Waals surface area (Å²) in [6, 6.07) is 0.120. The SMILES string of the molecule is O=C1NNCC(N2CCN(CC3CCCC4CCCCC43)CC2)C1Cl. The van der Waals surface area contributed by atoms with Crippen LogP contribution in [0.15, 0.2) is 0 Å². The van der Waals surface area contributed by atoms with Gasteiger partial charge in [0.25, 0.3) is 5.91 Å². The van der Waals surface area contributed by atoms with Crippen molar-refractivity contribution in [2.45, 2.75) is 56.4 Å². The van der Waals surface area contributed by atoms with Gasteiger partial charge in [-0.2, -0.15) is 0 Å². The number of nitrogens with one attached hydrogen (secondary N) is 2. The molecule has 2 saturated carbocycles. The molecule has 6 heteroatoms. The predicted molar refractivity (Wildman–Crippen MR) is 100 cm³/mol. The molecular weight excluding hydrogens is 336 g/mol. The Morgan fingerprint density at radius 2 is 1.76 bits per heavy atom. The van der Waals surface area contributed by atoms with Gasteiger partial charge in [0.2, 0.25) is 0 Å². The van der Waals surface area contributed by atoms with E-state index in [-0.39, 0.29) is 11.9 Å². The van der Waals surface area contributed by atoms with Gasteiger partial charge in [-0.15, -0.1) is 11.6 Å². The number of nitrogens with zero attached hydrogens (tertiary/aromatic N) is 2. The van der Waals surface area contributed by atoms with Crippen molar-refractivity contribution in [3.63, 3.8) is 0 Å². The van der Waals surface area contributed by atoms with Crippen molar-refractivity contribution in [1.82, 2.24) is 20.7 Å². The Morgan fingerprint density at radius 3 is 2.60 bits per heavy atom. The molecule has 142 valence electrons. The first-order chi connectivity index (χ1) is 12.2. The van der Waals surface area contributed by atoms with Gasteiger partial charge in [-0.05, 0) is 30.6 Å². The number of piperazine rings is 1. The number of hydrazine groups is 1. The van der Waals surface area contributed by atoms with Crippen LogP contribution >= 0.6 is 11.6 Å². The van der Waals surface area contributed by atoms with Crippen molar-refractivity contribution in [2.75, 3.05) is 39.3 Å². The molecule has 4 aliphatic rings. The number of carbonyl (C=O) groups is 1. The third-order valence-electron chi connectivity index (χ3n) is 7.20. The number of hydrogen-bond donors (Lipinski definition) is 2. The smallest absolute Gasteiger partial charge is 0.253 e. The molecule has 0 bridgehead atoms. The summed E-state index contributed by atoms with van der Waals surface area (Å²) in [7, 11) is 0. The van der Waals surface area contributed by atoms with Crippen molar-refractivity contribution in [3.8, 4) is 0 Å². The summed E-state index contributed by atoms with van der Waals surface area (Å²) in [5, 5.41) is -0.436. The standard InChI is InChI=1S/C19H33ClN4O/c20-18-17(12-21-22-19(18)25)24-10-8-23(9-11-24)13-15-6-3-5-14-4-1-2-7-16(14)15/h14-18,21H,1-13H2,(H,22,25). The highest BCUT2D eigenvalue weighted by Gasteiger charge is 2.38. The van der Waals surface area contributed by atoms with E-state index in [1.54, 1.807) is 0 Å². The van der Waals surface area contributed by atoms with Crippen LogP contribution < -0.4 is 10.9 Å². The van der Waals surface area contributed by atoms with Crippen molar-refractivity contribution in [1.29, 1.82) is 0 Å². The van der Waals surface area contributed by atoms with Gasteiger partial charge in [-0.3, -0.25) is 15.1 Å². The fraction of sp³-hybridized carbons (Fsp3) is 0.947. The van der Waals surface area contributed by atoms with Gasteiger partial charge < -0.3 is 4.90 Å². The minimum absolute atomic E-state index is 0.0918. The number of alkyl halides is 1. The molecule has 5 unspecified atom stereocenters. The average molecular weight is 369 g/mol. The van der Waals surface area contributed by atoms with Crippen molar-refractivity contribution < 1.29 is 4.79 Å². The van der Waals surface area contributed by atoms with E-state index in [4.69, 9.17) is 11.6 Å². The first kappa shape index (κ1) is 18.0. The maximum atomic E-state index is 11.8. The Hall–Kier alpha value is -0.360. The normalized spacial score (nSPS) is 41.2. The largest absolute Gasteiger partial charge is 0.301 e. The lowest BCUT2D eigenvalue weighted by Crippen LogP contribution is -2.64. The molecule has 0 radical (unpaired) electrons. The zero-order valence-electron chi connectivity index (χ0n) is 15.3. The lowest BCUT2D eigenvalue weighted by molar-refractivity contribution is -0.125. The van der Waals surface area contributed by atoms with E-state index in [1.165, 1.54) is 51.5 Å². The van der Waals surface area contributed by atoms with Crippen LogP contribution in [0, 0.1) is 17.8 Å². The summed E-state index contributed by atoms with van der Waals surface area (Å²) in [6.45, 7) is 6.34. The molecule has 0 aromatic carbocycles. The van der Waals surface area contributed by atoms with Gasteiger partial charge in [-0.1, -0.05) is 32.1 Å². The Labute approximate surface area is 156 Å². The second-order valence-corrected chi connectivity index (χ2v) is 9.05. The second kappa shape index (κ2) is 8.12. The molecule has 2 heterocycles. The van der Waals surface area contributed by atoms with Crippen molar-refractivity contribution >= 4 is 17.5 Å². The Balaban J connectivity index is 1.28. The third-order valence-corrected chi connectivity index (χ3v) is 7.69. The monoisotopic (exact) mass is 368 g/mol. The van der Waals surface area contributed by atoms with Gasteiger partial charge >= 0.3 is 0 Å². The van der Waals surface area contributed by atoms with Crippen molar-refractivity contribution in [2.24, 2.45) is 17.8 Å². The number of carbonyl (C=O) groups excluding carboxylic acids is 1. The van der Waals surface area contributed by atoms with Gasteiger partial charge in [0, 0.05) is 45.3 Å². The summed E-state index contributed by atoms with van der Waals surface area (Å²) in [4.78, 5) is 16.9. The first-order valence-corrected chi connectivity index (χ1v) is 10.8. The molecule has 0 aromatic heterocycles. The van der Waals surface area contributed by atoms with E-state index in [2.05, 4.69) is 20.7 Å². The summed E-state index contributed by atoms with van der Waals surface area (Å²) in [5.41, 5.74) is 5.61. The zero-order valence-corrected chi connectivity index (χ0v) is 16.0. The highest BCUT2D eigenvalue weighted by Crippen LogP contribution is 2.44. The molecule has 0 aromatic rings. The van der Waals surface area contributed by atoms with Crippen LogP contribution in [0.2, 0.25) is 0 Å². The molecule has 2 aliphatic heterocycles. The number of fused-ring (bicyclic) bond motifs is 1. The number of hydrogen-bond acceptors (Lipinski definition) is 4. The minimum Gasteiger partial charge on any atom is -0.301 e. The highest BCUT2D eigenvalue weighted by molar-refractivity contribution is 6.31. The van der Waals surface area contributed by atoms with Gasteiger partial charge in [-0.25, -0.2) is 5.43 Å². The second-order valence-electron chi connectivity index (χ2n) is 8.58. The minimum atomic E-state index is -0.436. The molecule has 4 fully saturated rings. The lowest BCUT2D eigenvalue weighted by Gasteiger charge is -2.46. The van der Waals surface area contributed by atoms with E-state index in [1.807, 2.05) is 0 Å². The predicted octanol–water partition coefficient (Wildman–Crippen LogP) is 1.82. The Bertz CT molecular complexity index is 466. The topological polar surface area (TPSA) is 47.6 Å². The van der Waals surface area contributed by atoms with Crippen LogP contribution in [-0.4, -0.2) is 66.4 Å². The number of amides is 1. The molecule has 2 N–H and O–H groups in total. The molecule has 2 saturated heterocycles. The molecule has 25 heavy (non-hydrogen) atoms. The van der Waals surface area contributed by atoms with Crippen LogP contribution in [0.5, 0.6) is 0 Å². The molecule has 5 atom stereocenters. The van der Waals surface area contributed by atoms with E-state index in [0.29, 0.717) is 0 Å². The van der Waals surface area contributed by atoms with E-state index in [9.17, 15) is 4.79 Å². The van der Waals surface area contributed by atoms with Crippen LogP contribution in [0.4, 0.5) is 0 Å². The van der Waals surface area contributed by atoms with Crippen molar-refractivity contribution in [3.05, 3.63) is 0 Å². The number of rotatable bonds is 3. The first-order valence-electron chi connectivity index (χ1n) is 10.4. The molecule has 0 spiro atoms. The maximum absolute atomic E-state index is 11.8. The van der Waals surface area contributed by atoms with Crippen LogP contribution in [0.25, 0.3) is 0 Å². The van der Waals surface area contributed by atoms with E-state index in [0.717, 1.165) is 50.5 Å². The van der Waals surface area contributed by atoms with E-state index < -0.39 is 5.38 Å². The highest BCUT2D eigenvalue weighted by atomic mass is 35.5. The van der Waals surface area contributed by atoms with E-state index >= 15 is 0 Å². The zero-order chi connectivity index (χ0) is 17.2. The molecule has 2 aliphatic carbocycles. The maximum Gasteiger partial charge on any atom is 0.253 e.